The molecule has 1 aromatic carbocycles. The summed E-state index contributed by atoms with van der Waals surface area (Å²) in [5, 5.41) is 0.603. The number of ether oxygens (including phenoxy) is 1. The van der Waals surface area contributed by atoms with Gasteiger partial charge in [0.25, 0.3) is 0 Å². The number of benzene rings is 1. The van der Waals surface area contributed by atoms with Crippen molar-refractivity contribution in [3.05, 3.63) is 35.1 Å². The van der Waals surface area contributed by atoms with Gasteiger partial charge in [-0.2, -0.15) is 9.97 Å². The molecule has 0 bridgehead atoms. The normalized spacial score (nSPS) is 11.4. The highest BCUT2D eigenvalue weighted by Crippen LogP contribution is 2.37. The molecule has 100 valence electrons. The molecule has 0 fully saturated rings. The number of methoxy groups -OCH3 is 1. The third-order valence-electron chi connectivity index (χ3n) is 2.15. The molecule has 8 heteroatoms. The van der Waals surface area contributed by atoms with Crippen molar-refractivity contribution in [2.45, 2.75) is 3.79 Å². The van der Waals surface area contributed by atoms with Gasteiger partial charge >= 0.3 is 6.01 Å². The summed E-state index contributed by atoms with van der Waals surface area (Å²) in [5.41, 5.74) is 0.709. The summed E-state index contributed by atoms with van der Waals surface area (Å²) in [6.45, 7) is 0. The summed E-state index contributed by atoms with van der Waals surface area (Å²) < 4.78 is 3.22. The highest BCUT2D eigenvalue weighted by Gasteiger charge is 2.28. The Morgan fingerprint density at radius 3 is 2.16 bits per heavy atom. The van der Waals surface area contributed by atoms with Gasteiger partial charge in [-0.25, -0.2) is 4.98 Å². The van der Waals surface area contributed by atoms with Crippen molar-refractivity contribution in [3.8, 4) is 17.4 Å². The van der Waals surface area contributed by atoms with Crippen LogP contribution in [-0.4, -0.2) is 22.1 Å². The largest absolute Gasteiger partial charge is 0.467 e. The molecule has 19 heavy (non-hydrogen) atoms. The van der Waals surface area contributed by atoms with E-state index in [4.69, 9.17) is 51.1 Å². The summed E-state index contributed by atoms with van der Waals surface area (Å²) in [5.74, 6) is 0.333. The van der Waals surface area contributed by atoms with E-state index in [-0.39, 0.29) is 11.8 Å². The van der Waals surface area contributed by atoms with Gasteiger partial charge in [-0.05, 0) is 24.3 Å². The van der Waals surface area contributed by atoms with Crippen LogP contribution >= 0.6 is 46.4 Å². The van der Waals surface area contributed by atoms with Gasteiger partial charge in [0.05, 0.1) is 7.11 Å². The van der Waals surface area contributed by atoms with E-state index in [2.05, 4.69) is 15.0 Å². The molecule has 0 saturated heterocycles. The topological polar surface area (TPSA) is 47.9 Å². The highest BCUT2D eigenvalue weighted by molar-refractivity contribution is 6.66. The van der Waals surface area contributed by atoms with Gasteiger partial charge in [-0.3, -0.25) is 0 Å². The Morgan fingerprint density at radius 2 is 1.63 bits per heavy atom. The third kappa shape index (κ3) is 3.60. The number of rotatable bonds is 2. The summed E-state index contributed by atoms with van der Waals surface area (Å²) >= 11 is 23.1. The lowest BCUT2D eigenvalue weighted by Crippen LogP contribution is -2.10. The van der Waals surface area contributed by atoms with E-state index in [1.165, 1.54) is 7.11 Å². The second-order valence-electron chi connectivity index (χ2n) is 3.47. The van der Waals surface area contributed by atoms with Crippen molar-refractivity contribution in [1.82, 2.24) is 15.0 Å². The van der Waals surface area contributed by atoms with E-state index in [1.807, 2.05) is 0 Å². The Hall–Kier alpha value is -0.810. The van der Waals surface area contributed by atoms with Crippen LogP contribution in [0.4, 0.5) is 0 Å². The lowest BCUT2D eigenvalue weighted by molar-refractivity contribution is 0.376. The smallest absolute Gasteiger partial charge is 0.320 e. The maximum absolute atomic E-state index is 5.82. The van der Waals surface area contributed by atoms with Crippen LogP contribution in [0.15, 0.2) is 24.3 Å². The summed E-state index contributed by atoms with van der Waals surface area (Å²) in [6, 6.07) is 6.99. The van der Waals surface area contributed by atoms with E-state index in [1.54, 1.807) is 24.3 Å². The molecule has 0 N–H and O–H groups in total. The number of hydrogen-bond acceptors (Lipinski definition) is 4. The Morgan fingerprint density at radius 1 is 1.00 bits per heavy atom. The molecule has 2 rings (SSSR count). The van der Waals surface area contributed by atoms with Gasteiger partial charge in [-0.1, -0.05) is 46.4 Å². The molecular weight excluding hydrogens is 332 g/mol. The molecule has 1 aromatic heterocycles. The number of alkyl halides is 3. The molecular formula is C11H7Cl4N3O. The minimum atomic E-state index is -1.75. The van der Waals surface area contributed by atoms with E-state index < -0.39 is 3.79 Å². The standard InChI is InChI=1S/C11H7Cl4N3O/c1-19-10-17-8(6-2-4-7(12)5-3-6)16-9(18-10)11(13,14)15/h2-5H,1H3. The van der Waals surface area contributed by atoms with Gasteiger partial charge in [0.15, 0.2) is 11.6 Å². The third-order valence-corrected chi connectivity index (χ3v) is 2.91. The van der Waals surface area contributed by atoms with E-state index >= 15 is 0 Å². The van der Waals surface area contributed by atoms with Crippen LogP contribution in [0.25, 0.3) is 11.4 Å². The zero-order valence-electron chi connectivity index (χ0n) is 9.57. The fourth-order valence-electron chi connectivity index (χ4n) is 1.30. The maximum Gasteiger partial charge on any atom is 0.320 e. The molecule has 0 aliphatic rings. The monoisotopic (exact) mass is 337 g/mol. The average molecular weight is 339 g/mol. The molecule has 0 spiro atoms. The molecule has 0 saturated carbocycles. The zero-order chi connectivity index (χ0) is 14.0. The van der Waals surface area contributed by atoms with Crippen LogP contribution in [0, 0.1) is 0 Å². The molecule has 0 aliphatic heterocycles. The Labute approximate surface area is 129 Å². The number of aromatic nitrogens is 3. The van der Waals surface area contributed by atoms with E-state index in [9.17, 15) is 0 Å². The Balaban J connectivity index is 2.54. The van der Waals surface area contributed by atoms with E-state index in [0.29, 0.717) is 16.4 Å². The van der Waals surface area contributed by atoms with Crippen LogP contribution in [0.2, 0.25) is 5.02 Å². The average Bonchev–Trinajstić information content (AvgIpc) is 2.38. The van der Waals surface area contributed by atoms with Crippen LogP contribution in [0.5, 0.6) is 6.01 Å². The molecule has 0 atom stereocenters. The van der Waals surface area contributed by atoms with Gasteiger partial charge in [-0.15, -0.1) is 0 Å². The van der Waals surface area contributed by atoms with Crippen LogP contribution < -0.4 is 4.74 Å². The van der Waals surface area contributed by atoms with Gasteiger partial charge in [0.2, 0.25) is 3.79 Å². The van der Waals surface area contributed by atoms with Crippen molar-refractivity contribution in [1.29, 1.82) is 0 Å². The van der Waals surface area contributed by atoms with Crippen LogP contribution in [0.3, 0.4) is 0 Å². The Kier molecular flexibility index (Phi) is 4.36. The molecule has 0 radical (unpaired) electrons. The van der Waals surface area contributed by atoms with Gasteiger partial charge in [0.1, 0.15) is 0 Å². The summed E-state index contributed by atoms with van der Waals surface area (Å²) in [7, 11) is 1.42. The fraction of sp³-hybridized carbons (Fsp3) is 0.182. The first kappa shape index (κ1) is 14.6. The lowest BCUT2D eigenvalue weighted by atomic mass is 10.2. The molecule has 2 aromatic rings. The molecule has 0 aliphatic carbocycles. The highest BCUT2D eigenvalue weighted by atomic mass is 35.6. The molecule has 1 heterocycles. The molecule has 4 nitrogen and oxygen atoms in total. The van der Waals surface area contributed by atoms with E-state index in [0.717, 1.165) is 0 Å². The fourth-order valence-corrected chi connectivity index (χ4v) is 1.68. The minimum absolute atomic E-state index is 0.00528. The quantitative estimate of drug-likeness (QED) is 0.776. The van der Waals surface area contributed by atoms with Crippen molar-refractivity contribution >= 4 is 46.4 Å². The first-order valence-electron chi connectivity index (χ1n) is 5.03. The first-order chi connectivity index (χ1) is 8.90. The number of halogens is 4. The van der Waals surface area contributed by atoms with Crippen molar-refractivity contribution in [2.24, 2.45) is 0 Å². The Bertz CT molecular complexity index is 583. The van der Waals surface area contributed by atoms with Gasteiger partial charge < -0.3 is 4.74 Å². The van der Waals surface area contributed by atoms with Gasteiger partial charge in [0, 0.05) is 10.6 Å². The molecule has 0 amide bonds. The van der Waals surface area contributed by atoms with Crippen LogP contribution in [-0.2, 0) is 3.79 Å². The van der Waals surface area contributed by atoms with Crippen molar-refractivity contribution in [2.75, 3.05) is 7.11 Å². The number of nitrogens with zero attached hydrogens (tertiary/aromatic N) is 3. The predicted octanol–water partition coefficient (Wildman–Crippen LogP) is 4.03. The summed E-state index contributed by atoms with van der Waals surface area (Å²) in [6.07, 6.45) is 0. The maximum atomic E-state index is 5.82. The summed E-state index contributed by atoms with van der Waals surface area (Å²) in [4.78, 5) is 12.1. The first-order valence-corrected chi connectivity index (χ1v) is 6.54. The second kappa shape index (κ2) is 5.67. The number of hydrogen-bond donors (Lipinski definition) is 0. The SMILES string of the molecule is COc1nc(-c2ccc(Cl)cc2)nc(C(Cl)(Cl)Cl)n1. The van der Waals surface area contributed by atoms with Crippen LogP contribution in [0.1, 0.15) is 5.82 Å². The minimum Gasteiger partial charge on any atom is -0.467 e. The van der Waals surface area contributed by atoms with Crippen molar-refractivity contribution in [3.63, 3.8) is 0 Å². The van der Waals surface area contributed by atoms with Crippen molar-refractivity contribution < 1.29 is 4.74 Å². The zero-order valence-corrected chi connectivity index (χ0v) is 12.6. The second-order valence-corrected chi connectivity index (χ2v) is 6.19. The predicted molar refractivity (Wildman–Crippen MR) is 76.1 cm³/mol. The lowest BCUT2D eigenvalue weighted by Gasteiger charge is -2.11. The molecule has 0 unspecified atom stereocenters.